The predicted molar refractivity (Wildman–Crippen MR) is 84.8 cm³/mol. The maximum Gasteiger partial charge on any atom is 0.330 e. The highest BCUT2D eigenvalue weighted by Crippen LogP contribution is 2.17. The number of aliphatic hydroxyl groups is 1. The number of aromatic nitrogens is 2. The molecule has 0 amide bonds. The van der Waals surface area contributed by atoms with Gasteiger partial charge in [-0.15, -0.1) is 0 Å². The molecule has 0 spiro atoms. The van der Waals surface area contributed by atoms with Crippen LogP contribution in [-0.2, 0) is 6.54 Å². The van der Waals surface area contributed by atoms with E-state index in [1.54, 1.807) is 4.90 Å². The van der Waals surface area contributed by atoms with Crippen molar-refractivity contribution in [3.05, 3.63) is 20.8 Å². The Labute approximate surface area is 124 Å². The topological polar surface area (TPSA) is 104 Å². The van der Waals surface area contributed by atoms with E-state index < -0.39 is 11.2 Å². The molecule has 1 rings (SSSR count). The summed E-state index contributed by atoms with van der Waals surface area (Å²) < 4.78 is 1.39. The van der Waals surface area contributed by atoms with Gasteiger partial charge in [0.1, 0.15) is 11.5 Å². The van der Waals surface area contributed by atoms with Crippen LogP contribution in [0.15, 0.2) is 9.59 Å². The van der Waals surface area contributed by atoms with Gasteiger partial charge < -0.3 is 15.7 Å². The SMILES string of the molecule is CCCCN(CCO)c1c(N)n(CC(C)C)c(=O)[nH]c1=O. The van der Waals surface area contributed by atoms with Crippen LogP contribution in [0.4, 0.5) is 11.5 Å². The fourth-order valence-corrected chi connectivity index (χ4v) is 2.23. The van der Waals surface area contributed by atoms with Crippen molar-refractivity contribution in [2.24, 2.45) is 5.92 Å². The van der Waals surface area contributed by atoms with Crippen LogP contribution in [0.3, 0.4) is 0 Å². The third kappa shape index (κ3) is 4.35. The molecule has 1 aromatic rings. The second-order valence-corrected chi connectivity index (χ2v) is 5.56. The fraction of sp³-hybridized carbons (Fsp3) is 0.714. The standard InChI is InChI=1S/C14H26N4O3/c1-4-5-6-17(7-8-19)11-12(15)18(9-10(2)3)14(21)16-13(11)20/h10,19H,4-9,15H2,1-3H3,(H,16,20,21). The summed E-state index contributed by atoms with van der Waals surface area (Å²) in [5, 5.41) is 9.19. The Hall–Kier alpha value is -1.76. The first-order valence-corrected chi connectivity index (χ1v) is 7.40. The molecule has 7 heteroatoms. The number of unbranched alkanes of at least 4 members (excludes halogenated alkanes) is 1. The number of nitrogens with two attached hydrogens (primary N) is 1. The smallest absolute Gasteiger partial charge is 0.330 e. The summed E-state index contributed by atoms with van der Waals surface area (Å²) in [5.74, 6) is 0.396. The molecule has 0 radical (unpaired) electrons. The number of nitrogen functional groups attached to an aromatic ring is 1. The first-order chi connectivity index (χ1) is 9.92. The molecule has 0 atom stereocenters. The van der Waals surface area contributed by atoms with Crippen molar-refractivity contribution >= 4 is 11.5 Å². The highest BCUT2D eigenvalue weighted by atomic mass is 16.3. The number of nitrogens with one attached hydrogen (secondary N) is 1. The number of aliphatic hydroxyl groups excluding tert-OH is 1. The molecular formula is C14H26N4O3. The van der Waals surface area contributed by atoms with Gasteiger partial charge >= 0.3 is 5.69 Å². The maximum absolute atomic E-state index is 12.1. The predicted octanol–water partition coefficient (Wildman–Crippen LogP) is 0.374. The summed E-state index contributed by atoms with van der Waals surface area (Å²) in [6, 6.07) is 0. The Bertz CT molecular complexity index is 562. The Balaban J connectivity index is 3.31. The van der Waals surface area contributed by atoms with Gasteiger partial charge in [0.15, 0.2) is 0 Å². The quantitative estimate of drug-likeness (QED) is 0.643. The van der Waals surface area contributed by atoms with E-state index in [0.29, 0.717) is 19.6 Å². The second-order valence-electron chi connectivity index (χ2n) is 5.56. The van der Waals surface area contributed by atoms with Crippen molar-refractivity contribution in [1.29, 1.82) is 0 Å². The van der Waals surface area contributed by atoms with Crippen molar-refractivity contribution in [2.45, 2.75) is 40.2 Å². The normalized spacial score (nSPS) is 11.1. The summed E-state index contributed by atoms with van der Waals surface area (Å²) in [6.45, 7) is 7.28. The molecule has 0 aliphatic carbocycles. The first kappa shape index (κ1) is 17.3. The average molecular weight is 298 g/mol. The van der Waals surface area contributed by atoms with Crippen LogP contribution in [0.1, 0.15) is 33.6 Å². The van der Waals surface area contributed by atoms with E-state index in [-0.39, 0.29) is 24.0 Å². The van der Waals surface area contributed by atoms with Crippen molar-refractivity contribution < 1.29 is 5.11 Å². The molecule has 0 fully saturated rings. The lowest BCUT2D eigenvalue weighted by Crippen LogP contribution is -2.40. The highest BCUT2D eigenvalue weighted by molar-refractivity contribution is 5.62. The lowest BCUT2D eigenvalue weighted by atomic mass is 10.2. The van der Waals surface area contributed by atoms with Crippen molar-refractivity contribution in [3.8, 4) is 0 Å². The highest BCUT2D eigenvalue weighted by Gasteiger charge is 2.18. The van der Waals surface area contributed by atoms with Gasteiger partial charge in [0, 0.05) is 19.6 Å². The zero-order valence-electron chi connectivity index (χ0n) is 13.1. The molecule has 120 valence electrons. The summed E-state index contributed by atoms with van der Waals surface area (Å²) in [7, 11) is 0. The molecule has 21 heavy (non-hydrogen) atoms. The minimum atomic E-state index is -0.498. The van der Waals surface area contributed by atoms with Crippen LogP contribution >= 0.6 is 0 Å². The number of anilines is 2. The van der Waals surface area contributed by atoms with Crippen LogP contribution in [-0.4, -0.2) is 34.4 Å². The molecule has 4 N–H and O–H groups in total. The van der Waals surface area contributed by atoms with Gasteiger partial charge in [-0.3, -0.25) is 14.3 Å². The number of H-pyrrole nitrogens is 1. The monoisotopic (exact) mass is 298 g/mol. The zero-order chi connectivity index (χ0) is 16.0. The van der Waals surface area contributed by atoms with Gasteiger partial charge in [-0.1, -0.05) is 27.2 Å². The summed E-state index contributed by atoms with van der Waals surface area (Å²) >= 11 is 0. The Morgan fingerprint density at radius 1 is 1.33 bits per heavy atom. The molecule has 0 aliphatic rings. The number of nitrogens with zero attached hydrogens (tertiary/aromatic N) is 2. The lowest BCUT2D eigenvalue weighted by molar-refractivity contribution is 0.301. The van der Waals surface area contributed by atoms with Gasteiger partial charge in [-0.05, 0) is 12.3 Å². The molecule has 0 unspecified atom stereocenters. The molecule has 0 bridgehead atoms. The van der Waals surface area contributed by atoms with E-state index in [4.69, 9.17) is 5.73 Å². The molecule has 0 saturated carbocycles. The number of hydrogen-bond acceptors (Lipinski definition) is 5. The largest absolute Gasteiger partial charge is 0.395 e. The van der Waals surface area contributed by atoms with Crippen molar-refractivity contribution in [2.75, 3.05) is 30.3 Å². The van der Waals surface area contributed by atoms with Crippen LogP contribution < -0.4 is 21.9 Å². The van der Waals surface area contributed by atoms with E-state index >= 15 is 0 Å². The van der Waals surface area contributed by atoms with Gasteiger partial charge in [0.2, 0.25) is 0 Å². The van der Waals surface area contributed by atoms with Crippen molar-refractivity contribution in [1.82, 2.24) is 9.55 Å². The van der Waals surface area contributed by atoms with Gasteiger partial charge in [-0.25, -0.2) is 4.79 Å². The summed E-state index contributed by atoms with van der Waals surface area (Å²) in [5.41, 5.74) is 5.34. The average Bonchev–Trinajstić information content (AvgIpc) is 2.40. The first-order valence-electron chi connectivity index (χ1n) is 7.40. The van der Waals surface area contributed by atoms with Gasteiger partial charge in [0.05, 0.1) is 6.61 Å². The second kappa shape index (κ2) is 7.87. The van der Waals surface area contributed by atoms with Crippen LogP contribution in [0, 0.1) is 5.92 Å². The van der Waals surface area contributed by atoms with Crippen LogP contribution in [0.2, 0.25) is 0 Å². The minimum Gasteiger partial charge on any atom is -0.395 e. The molecular weight excluding hydrogens is 272 g/mol. The number of rotatable bonds is 8. The fourth-order valence-electron chi connectivity index (χ4n) is 2.23. The van der Waals surface area contributed by atoms with E-state index in [1.807, 2.05) is 20.8 Å². The van der Waals surface area contributed by atoms with Crippen molar-refractivity contribution in [3.63, 3.8) is 0 Å². The Kier molecular flexibility index (Phi) is 6.48. The maximum atomic E-state index is 12.1. The third-order valence-corrected chi connectivity index (χ3v) is 3.23. The van der Waals surface area contributed by atoms with Crippen LogP contribution in [0.25, 0.3) is 0 Å². The molecule has 1 aromatic heterocycles. The van der Waals surface area contributed by atoms with E-state index in [9.17, 15) is 14.7 Å². The van der Waals surface area contributed by atoms with E-state index in [1.165, 1.54) is 4.57 Å². The minimum absolute atomic E-state index is 0.0775. The molecule has 1 heterocycles. The summed E-state index contributed by atoms with van der Waals surface area (Å²) in [6.07, 6.45) is 1.84. The number of aromatic amines is 1. The van der Waals surface area contributed by atoms with E-state index in [0.717, 1.165) is 12.8 Å². The molecule has 0 saturated heterocycles. The van der Waals surface area contributed by atoms with E-state index in [2.05, 4.69) is 4.98 Å². The Morgan fingerprint density at radius 3 is 2.52 bits per heavy atom. The molecule has 7 nitrogen and oxygen atoms in total. The number of hydrogen-bond donors (Lipinski definition) is 3. The zero-order valence-corrected chi connectivity index (χ0v) is 13.1. The lowest BCUT2D eigenvalue weighted by Gasteiger charge is -2.25. The van der Waals surface area contributed by atoms with Gasteiger partial charge in [0.25, 0.3) is 5.56 Å². The van der Waals surface area contributed by atoms with Gasteiger partial charge in [-0.2, -0.15) is 0 Å². The molecule has 0 aromatic carbocycles. The third-order valence-electron chi connectivity index (χ3n) is 3.23. The van der Waals surface area contributed by atoms with Crippen LogP contribution in [0.5, 0.6) is 0 Å². The Morgan fingerprint density at radius 2 is 2.00 bits per heavy atom. The summed E-state index contributed by atoms with van der Waals surface area (Å²) in [4.78, 5) is 28.1. The molecule has 0 aliphatic heterocycles.